The summed E-state index contributed by atoms with van der Waals surface area (Å²) in [6.07, 6.45) is 2.25. The molecule has 0 radical (unpaired) electrons. The molecule has 24 nitrogen and oxygen atoms in total. The minimum Gasteiger partial charge on any atom is -0.481 e. The number of rotatable bonds is 15. The lowest BCUT2D eigenvalue weighted by Gasteiger charge is -2.83. The fourth-order valence-corrected chi connectivity index (χ4v) is 23.3. The molecule has 27 atom stereocenters. The highest BCUT2D eigenvalue weighted by molar-refractivity contribution is 5.87. The Labute approximate surface area is 520 Å². The zero-order valence-electron chi connectivity index (χ0n) is 52.1. The van der Waals surface area contributed by atoms with E-state index in [1.807, 2.05) is 6.92 Å². The number of nitrogens with two attached hydrogens (primary N) is 2. The van der Waals surface area contributed by atoms with Gasteiger partial charge in [0.25, 0.3) is 0 Å². The number of hydrogen-bond donors (Lipinski definition) is 17. The molecular weight excluding hydrogens is 1140 g/mol. The number of nitrogens with zero attached hydrogens (tertiary/aromatic N) is 3. The van der Waals surface area contributed by atoms with Crippen LogP contribution >= 0.6 is 0 Å². The van der Waals surface area contributed by atoms with E-state index < -0.39 is 158 Å². The van der Waals surface area contributed by atoms with Gasteiger partial charge in [-0.15, -0.1) is 0 Å². The molecular formula is C65H97N11O13. The van der Waals surface area contributed by atoms with Gasteiger partial charge in [-0.3, -0.25) is 14.6 Å². The van der Waals surface area contributed by atoms with E-state index in [9.17, 15) is 50.8 Å². The minimum absolute atomic E-state index is 0.0621. The smallest absolute Gasteiger partial charge is 0.310 e. The standard InChI is InChI=1S/C65H97N11O13/c1-58(28-77)16-17-63(56(86)87)39(23-58)35-20-33-10-9-32-8-6-12-62(32)37(46(76-55(62)85)45(42-26-70-30-73-42)47(80)34(52(66)84)24-69-18-19-71-57(67)68-5)21-38-48(81)51(89-54-50(83)49(82)43(79)27-88-54)59(2,29-78)44-11-15-60(3)64(35,13-7-14-65(33,60)61(38,44)4)36-22-41-53(75-31-74-41)72-25-40(36)63/h20,26,30-34,36-40,43-52,54,69,72,77-84H,6-8,11-19,21-25,27-29,66H2,1-5H3,(H,70,73)(H,74,75)(H,76,85)(H,86,87)(H3,67,68,71)/t32-,33+,34+,36-,37+,38-,39+,40+,43-,44-,45+,46-,47+,48-,49+,50-,51-,52+,54+,58+,59+,60+,61+,62+,63-,64+,65+/m1/s1. The lowest BCUT2D eigenvalue weighted by molar-refractivity contribution is -0.366. The first-order valence-corrected chi connectivity index (χ1v) is 33.0. The van der Waals surface area contributed by atoms with Gasteiger partial charge in [0.1, 0.15) is 30.4 Å². The number of hydrogen-bond acceptors (Lipinski definition) is 18. The highest BCUT2D eigenvalue weighted by Gasteiger charge is 2.84. The number of carboxylic acids is 1. The summed E-state index contributed by atoms with van der Waals surface area (Å²) >= 11 is 0. The van der Waals surface area contributed by atoms with Gasteiger partial charge >= 0.3 is 5.97 Å². The molecule has 3 spiro atoms. The molecule has 6 saturated carbocycles. The molecule has 24 heteroatoms. The van der Waals surface area contributed by atoms with Crippen molar-refractivity contribution in [1.29, 1.82) is 0 Å². The normalized spacial score (nSPS) is 47.3. The van der Waals surface area contributed by atoms with Crippen LogP contribution in [0.4, 0.5) is 5.82 Å². The van der Waals surface area contributed by atoms with Crippen molar-refractivity contribution in [2.24, 2.45) is 113 Å². The van der Waals surface area contributed by atoms with Crippen molar-refractivity contribution in [1.82, 2.24) is 35.9 Å². The van der Waals surface area contributed by atoms with Gasteiger partial charge in [0.15, 0.2) is 12.2 Å². The Balaban J connectivity index is 1.04. The SMILES string of the molecule is CN=C(N)NCCNC[C@@H]([C@H](O)[C@@H](c1cnc[nH]1)[C@@H]1NC(=O)[C@@]23CCC[C@@H]2C#C[C@H]2C=C4[C@@H]5C[C@@](C)(CO)CC[C@]5(C(=O)O)[C@H]5CNc6nc[nH]c6C[C@H]5[C@]45CCC[C@]24[C@@]2(C)[C@H](C[C@@H]13)[C@@H](O)[C@@H](O[C@@H]1OC[C@@H](O)[C@H](O)[C@H]1O)[C@@](C)(CO)[C@H]2CC[C@]45C)[C@@H](N)O. The van der Waals surface area contributed by atoms with Crippen molar-refractivity contribution in [3.05, 3.63) is 41.9 Å². The molecule has 2 aromatic heterocycles. The summed E-state index contributed by atoms with van der Waals surface area (Å²) in [5.74, 6) is 1.79. The second kappa shape index (κ2) is 22.5. The molecule has 2 aromatic rings. The number of aliphatic hydroxyl groups excluding tert-OH is 8. The highest BCUT2D eigenvalue weighted by atomic mass is 16.7. The number of allylic oxidation sites excluding steroid dienone is 2. The van der Waals surface area contributed by atoms with E-state index in [1.54, 1.807) is 19.6 Å². The van der Waals surface area contributed by atoms with Crippen LogP contribution in [0.25, 0.3) is 0 Å². The predicted octanol–water partition coefficient (Wildman–Crippen LogP) is 0.635. The average Bonchev–Trinajstić information content (AvgIpc) is 0.752. The van der Waals surface area contributed by atoms with Gasteiger partial charge in [-0.25, -0.2) is 9.97 Å². The van der Waals surface area contributed by atoms with Crippen LogP contribution in [-0.2, 0) is 25.5 Å². The van der Waals surface area contributed by atoms with Gasteiger partial charge in [-0.05, 0) is 128 Å². The van der Waals surface area contributed by atoms with Crippen LogP contribution in [0.3, 0.4) is 0 Å². The number of aromatic amines is 2. The van der Waals surface area contributed by atoms with Crippen LogP contribution in [0.15, 0.2) is 35.5 Å². The zero-order chi connectivity index (χ0) is 63.2. The van der Waals surface area contributed by atoms with Crippen LogP contribution in [0.1, 0.15) is 122 Å². The molecule has 2 bridgehead atoms. The number of amides is 1. The van der Waals surface area contributed by atoms with Gasteiger partial charge < -0.3 is 98.1 Å². The first-order valence-electron chi connectivity index (χ1n) is 33.0. The van der Waals surface area contributed by atoms with Crippen LogP contribution < -0.4 is 32.7 Å². The van der Waals surface area contributed by atoms with Crippen LogP contribution in [-0.4, -0.2) is 192 Å². The summed E-state index contributed by atoms with van der Waals surface area (Å²) in [4.78, 5) is 50.8. The molecule has 8 aliphatic carbocycles. The molecule has 13 rings (SSSR count). The molecule has 8 fully saturated rings. The summed E-state index contributed by atoms with van der Waals surface area (Å²) in [6.45, 7) is 9.06. The third-order valence-electron chi connectivity index (χ3n) is 27.3. The largest absolute Gasteiger partial charge is 0.481 e. The van der Waals surface area contributed by atoms with Gasteiger partial charge in [0.05, 0.1) is 60.7 Å². The summed E-state index contributed by atoms with van der Waals surface area (Å²) in [5.41, 5.74) is 7.37. The van der Waals surface area contributed by atoms with Crippen molar-refractivity contribution < 1.29 is 65.0 Å². The van der Waals surface area contributed by atoms with E-state index in [4.69, 9.17) is 25.9 Å². The van der Waals surface area contributed by atoms with Crippen molar-refractivity contribution >= 4 is 23.7 Å². The van der Waals surface area contributed by atoms with Crippen molar-refractivity contribution in [2.75, 3.05) is 58.4 Å². The Morgan fingerprint density at radius 1 is 0.933 bits per heavy atom. The van der Waals surface area contributed by atoms with Gasteiger partial charge in [-0.1, -0.05) is 64.0 Å². The molecule has 3 aliphatic heterocycles. The molecule has 89 heavy (non-hydrogen) atoms. The van der Waals surface area contributed by atoms with E-state index in [0.29, 0.717) is 95.4 Å². The maximum Gasteiger partial charge on any atom is 0.310 e. The lowest BCUT2D eigenvalue weighted by Crippen LogP contribution is -2.80. The number of aliphatic hydroxyl groups is 8. The van der Waals surface area contributed by atoms with Gasteiger partial charge in [0, 0.05) is 92.3 Å². The molecule has 0 unspecified atom stereocenters. The molecule has 2 saturated heterocycles. The fourth-order valence-electron chi connectivity index (χ4n) is 23.3. The first kappa shape index (κ1) is 63.0. The monoisotopic (exact) mass is 1240 g/mol. The highest BCUT2D eigenvalue weighted by Crippen LogP contribution is 2.87. The van der Waals surface area contributed by atoms with E-state index in [0.717, 1.165) is 24.1 Å². The van der Waals surface area contributed by atoms with E-state index in [-0.39, 0.29) is 49.9 Å². The molecule has 1 amide bonds. The Kier molecular flexibility index (Phi) is 15.9. The number of ether oxygens (including phenoxy) is 2. The third kappa shape index (κ3) is 8.57. The van der Waals surface area contributed by atoms with E-state index in [2.05, 4.69) is 79.9 Å². The molecule has 5 heterocycles. The maximum absolute atomic E-state index is 16.0. The van der Waals surface area contributed by atoms with E-state index in [1.165, 1.54) is 6.33 Å². The number of aliphatic carboxylic acids is 1. The topological polar surface area (TPSA) is 405 Å². The zero-order valence-corrected chi connectivity index (χ0v) is 52.1. The quantitative estimate of drug-likeness (QED) is 0.0221. The van der Waals surface area contributed by atoms with Crippen molar-refractivity contribution in [2.45, 2.75) is 172 Å². The fraction of sp³-hybridized carbons (Fsp3) is 0.800. The number of imidazole rings is 2. The van der Waals surface area contributed by atoms with E-state index >= 15 is 4.79 Å². The number of fused-ring (bicyclic) bond motifs is 5. The van der Waals surface area contributed by atoms with Gasteiger partial charge in [0.2, 0.25) is 5.91 Å². The van der Waals surface area contributed by atoms with Crippen molar-refractivity contribution in [3.63, 3.8) is 0 Å². The Morgan fingerprint density at radius 3 is 2.45 bits per heavy atom. The summed E-state index contributed by atoms with van der Waals surface area (Å²) < 4.78 is 13.0. The summed E-state index contributed by atoms with van der Waals surface area (Å²) in [5, 5.41) is 122. The number of anilines is 1. The number of aromatic nitrogens is 4. The number of H-pyrrole nitrogens is 2. The molecule has 11 aliphatic rings. The number of carbonyl (C=O) groups excluding carboxylic acids is 1. The second-order valence-corrected chi connectivity index (χ2v) is 30.3. The molecule has 0 aromatic carbocycles. The van der Waals surface area contributed by atoms with Crippen LogP contribution in [0.2, 0.25) is 0 Å². The number of carbonyl (C=O) groups is 2. The average molecular weight is 1240 g/mol. The van der Waals surface area contributed by atoms with Crippen LogP contribution in [0.5, 0.6) is 0 Å². The second-order valence-electron chi connectivity index (χ2n) is 30.3. The van der Waals surface area contributed by atoms with Crippen LogP contribution in [0, 0.1) is 108 Å². The molecule has 490 valence electrons. The van der Waals surface area contributed by atoms with Crippen molar-refractivity contribution in [3.8, 4) is 11.8 Å². The molecule has 19 N–H and O–H groups in total. The lowest BCUT2D eigenvalue weighted by atomic mass is 9.21. The summed E-state index contributed by atoms with van der Waals surface area (Å²) in [7, 11) is 1.57. The first-order chi connectivity index (χ1) is 42.4. The van der Waals surface area contributed by atoms with Gasteiger partial charge in [-0.2, -0.15) is 0 Å². The number of carboxylic acid groups (broad SMARTS) is 1. The maximum atomic E-state index is 16.0. The Hall–Kier alpha value is -4.75. The number of aliphatic imine (C=N–C) groups is 1. The number of guanidine groups is 1. The minimum atomic E-state index is -1.73. The summed E-state index contributed by atoms with van der Waals surface area (Å²) in [6, 6.07) is -0.876. The number of nitrogens with one attached hydrogen (secondary N) is 6. The Bertz CT molecular complexity index is 3140. The predicted molar refractivity (Wildman–Crippen MR) is 324 cm³/mol. The third-order valence-corrected chi connectivity index (χ3v) is 27.3. The Morgan fingerprint density at radius 2 is 1.73 bits per heavy atom.